The van der Waals surface area contributed by atoms with Crippen LogP contribution in [0.4, 0.5) is 0 Å². The zero-order valence-corrected chi connectivity index (χ0v) is 10.8. The number of aromatic nitrogens is 1. The van der Waals surface area contributed by atoms with Gasteiger partial charge in [-0.05, 0) is 19.4 Å². The molecule has 1 aromatic rings. The quantitative estimate of drug-likeness (QED) is 0.866. The van der Waals surface area contributed by atoms with Crippen molar-refractivity contribution in [3.05, 3.63) is 16.4 Å². The number of rotatable bonds is 2. The number of thiazole rings is 1. The van der Waals surface area contributed by atoms with Crippen molar-refractivity contribution in [3.8, 4) is 0 Å². The minimum absolute atomic E-state index is 0. The Kier molecular flexibility index (Phi) is 5.18. The number of nitrogens with zero attached hydrogens (tertiary/aromatic N) is 2. The van der Waals surface area contributed by atoms with E-state index in [1.165, 1.54) is 17.8 Å². The van der Waals surface area contributed by atoms with Gasteiger partial charge in [0.25, 0.3) is 0 Å². The van der Waals surface area contributed by atoms with E-state index in [2.05, 4.69) is 10.3 Å². The molecule has 90 valence electrons. The third kappa shape index (κ3) is 3.43. The highest BCUT2D eigenvalue weighted by Gasteiger charge is 2.17. The molecule has 0 bridgehead atoms. The molecule has 0 radical (unpaired) electrons. The Morgan fingerprint density at radius 2 is 2.56 bits per heavy atom. The van der Waals surface area contributed by atoms with Gasteiger partial charge in [-0.15, -0.1) is 23.7 Å². The molecule has 0 saturated carbocycles. The van der Waals surface area contributed by atoms with Crippen LogP contribution in [0.15, 0.2) is 16.6 Å². The van der Waals surface area contributed by atoms with Crippen molar-refractivity contribution >= 4 is 29.7 Å². The fraction of sp³-hybridized carbons (Fsp3) is 0.600. The smallest absolute Gasteiger partial charge is 0.249 e. The molecule has 2 rings (SSSR count). The van der Waals surface area contributed by atoms with Gasteiger partial charge >= 0.3 is 0 Å². The summed E-state index contributed by atoms with van der Waals surface area (Å²) in [7, 11) is 1.90. The third-order valence-corrected chi connectivity index (χ3v) is 3.41. The number of carbonyl (C=O) groups is 1. The maximum absolute atomic E-state index is 11.6. The standard InChI is InChI=1S/C10H15N3OS.ClH/c1-13-5-6-15-10(13)12-9(14)7-8-3-2-4-11-8;/h5-6,8,11H,2-4,7H2,1H3;1H. The van der Waals surface area contributed by atoms with Gasteiger partial charge < -0.3 is 9.88 Å². The average molecular weight is 262 g/mol. The number of hydrogen-bond acceptors (Lipinski definition) is 3. The van der Waals surface area contributed by atoms with E-state index in [1.807, 2.05) is 23.2 Å². The predicted octanol–water partition coefficient (Wildman–Crippen LogP) is 1.08. The SMILES string of the molecule is Cl.Cn1ccsc1=NC(=O)CC1CCCN1. The van der Waals surface area contributed by atoms with E-state index in [9.17, 15) is 4.79 Å². The molecule has 1 unspecified atom stereocenters. The summed E-state index contributed by atoms with van der Waals surface area (Å²) in [5.41, 5.74) is 0. The normalized spacial score (nSPS) is 20.8. The molecule has 1 aliphatic rings. The van der Waals surface area contributed by atoms with Gasteiger partial charge in [0.2, 0.25) is 5.91 Å². The number of nitrogens with one attached hydrogen (secondary N) is 1. The Labute approximate surface area is 105 Å². The Morgan fingerprint density at radius 1 is 1.75 bits per heavy atom. The molecule has 1 aliphatic heterocycles. The molecule has 16 heavy (non-hydrogen) atoms. The van der Waals surface area contributed by atoms with Crippen molar-refractivity contribution in [1.82, 2.24) is 9.88 Å². The Morgan fingerprint density at radius 3 is 3.12 bits per heavy atom. The lowest BCUT2D eigenvalue weighted by Gasteiger charge is -2.05. The number of halogens is 1. The van der Waals surface area contributed by atoms with Gasteiger partial charge in [-0.2, -0.15) is 4.99 Å². The lowest BCUT2D eigenvalue weighted by molar-refractivity contribution is -0.118. The van der Waals surface area contributed by atoms with Crippen LogP contribution in [-0.2, 0) is 11.8 Å². The topological polar surface area (TPSA) is 46.4 Å². The van der Waals surface area contributed by atoms with E-state index in [0.717, 1.165) is 17.8 Å². The van der Waals surface area contributed by atoms with Crippen LogP contribution in [-0.4, -0.2) is 23.1 Å². The zero-order chi connectivity index (χ0) is 10.7. The Hall–Kier alpha value is -0.650. The summed E-state index contributed by atoms with van der Waals surface area (Å²) in [6, 6.07) is 0.339. The first-order chi connectivity index (χ1) is 7.25. The van der Waals surface area contributed by atoms with Gasteiger partial charge in [-0.25, -0.2) is 0 Å². The van der Waals surface area contributed by atoms with Gasteiger partial charge in [-0.3, -0.25) is 4.79 Å². The van der Waals surface area contributed by atoms with Crippen molar-refractivity contribution in [2.24, 2.45) is 12.0 Å². The maximum Gasteiger partial charge on any atom is 0.249 e. The molecule has 1 amide bonds. The van der Waals surface area contributed by atoms with Gasteiger partial charge in [0.1, 0.15) is 0 Å². The molecule has 0 spiro atoms. The molecule has 1 atom stereocenters. The summed E-state index contributed by atoms with van der Waals surface area (Å²) in [6.07, 6.45) is 4.70. The molecular formula is C10H16ClN3OS. The minimum atomic E-state index is -0.0209. The first-order valence-electron chi connectivity index (χ1n) is 5.17. The van der Waals surface area contributed by atoms with E-state index in [0.29, 0.717) is 12.5 Å². The predicted molar refractivity (Wildman–Crippen MR) is 66.7 cm³/mol. The van der Waals surface area contributed by atoms with Gasteiger partial charge in [0.15, 0.2) is 4.80 Å². The second-order valence-electron chi connectivity index (χ2n) is 3.80. The fourth-order valence-electron chi connectivity index (χ4n) is 1.73. The third-order valence-electron chi connectivity index (χ3n) is 2.56. The monoisotopic (exact) mass is 261 g/mol. The molecule has 0 aromatic carbocycles. The van der Waals surface area contributed by atoms with Crippen LogP contribution in [0, 0.1) is 0 Å². The lowest BCUT2D eigenvalue weighted by Crippen LogP contribution is -2.25. The number of aryl methyl sites for hydroxylation is 1. The molecule has 0 aliphatic carbocycles. The molecular weight excluding hydrogens is 246 g/mol. The largest absolute Gasteiger partial charge is 0.327 e. The van der Waals surface area contributed by atoms with E-state index in [4.69, 9.17) is 0 Å². The summed E-state index contributed by atoms with van der Waals surface area (Å²) in [5.74, 6) is -0.0209. The fourth-order valence-corrected chi connectivity index (χ4v) is 2.48. The molecule has 2 heterocycles. The van der Waals surface area contributed by atoms with Crippen LogP contribution in [0.5, 0.6) is 0 Å². The van der Waals surface area contributed by atoms with Crippen molar-refractivity contribution in [2.45, 2.75) is 25.3 Å². The molecule has 6 heteroatoms. The minimum Gasteiger partial charge on any atom is -0.327 e. The Bertz CT molecular complexity index is 406. The number of amides is 1. The van der Waals surface area contributed by atoms with Crippen LogP contribution in [0.3, 0.4) is 0 Å². The average Bonchev–Trinajstić information content (AvgIpc) is 2.79. The summed E-state index contributed by atoms with van der Waals surface area (Å²) >= 11 is 1.49. The second kappa shape index (κ2) is 6.18. The highest BCUT2D eigenvalue weighted by atomic mass is 35.5. The van der Waals surface area contributed by atoms with E-state index in [1.54, 1.807) is 0 Å². The van der Waals surface area contributed by atoms with Crippen LogP contribution in [0.25, 0.3) is 0 Å². The summed E-state index contributed by atoms with van der Waals surface area (Å²) in [6.45, 7) is 1.03. The second-order valence-corrected chi connectivity index (χ2v) is 4.67. The van der Waals surface area contributed by atoms with Crippen molar-refractivity contribution in [3.63, 3.8) is 0 Å². The van der Waals surface area contributed by atoms with Crippen molar-refractivity contribution < 1.29 is 4.79 Å². The van der Waals surface area contributed by atoms with Crippen LogP contribution in [0.1, 0.15) is 19.3 Å². The van der Waals surface area contributed by atoms with E-state index in [-0.39, 0.29) is 18.3 Å². The van der Waals surface area contributed by atoms with Crippen molar-refractivity contribution in [2.75, 3.05) is 6.54 Å². The van der Waals surface area contributed by atoms with Crippen LogP contribution < -0.4 is 10.1 Å². The van der Waals surface area contributed by atoms with Crippen molar-refractivity contribution in [1.29, 1.82) is 0 Å². The molecule has 1 aromatic heterocycles. The van der Waals surface area contributed by atoms with E-state index >= 15 is 0 Å². The van der Waals surface area contributed by atoms with Gasteiger partial charge in [0.05, 0.1) is 0 Å². The maximum atomic E-state index is 11.6. The highest BCUT2D eigenvalue weighted by molar-refractivity contribution is 7.07. The van der Waals surface area contributed by atoms with Crippen LogP contribution >= 0.6 is 23.7 Å². The first kappa shape index (κ1) is 13.4. The lowest BCUT2D eigenvalue weighted by atomic mass is 10.1. The van der Waals surface area contributed by atoms with E-state index < -0.39 is 0 Å². The summed E-state index contributed by atoms with van der Waals surface area (Å²) in [5, 5.41) is 5.23. The first-order valence-corrected chi connectivity index (χ1v) is 6.05. The Balaban J connectivity index is 0.00000128. The van der Waals surface area contributed by atoms with Crippen LogP contribution in [0.2, 0.25) is 0 Å². The number of carbonyl (C=O) groups excluding carboxylic acids is 1. The molecule has 1 saturated heterocycles. The molecule has 4 nitrogen and oxygen atoms in total. The van der Waals surface area contributed by atoms with Gasteiger partial charge in [0, 0.05) is 31.1 Å². The molecule has 1 N–H and O–H groups in total. The highest BCUT2D eigenvalue weighted by Crippen LogP contribution is 2.08. The van der Waals surface area contributed by atoms with Gasteiger partial charge in [-0.1, -0.05) is 0 Å². The zero-order valence-electron chi connectivity index (χ0n) is 9.18. The summed E-state index contributed by atoms with van der Waals surface area (Å²) < 4.78 is 1.87. The summed E-state index contributed by atoms with van der Waals surface area (Å²) in [4.78, 5) is 16.5. The number of hydrogen-bond donors (Lipinski definition) is 1. The molecule has 1 fully saturated rings.